The molecule has 0 atom stereocenters. The zero-order chi connectivity index (χ0) is 23.8. The third-order valence-corrected chi connectivity index (χ3v) is 4.87. The fourth-order valence-electron chi connectivity index (χ4n) is 3.12. The molecule has 0 aliphatic heterocycles. The van der Waals surface area contributed by atoms with Crippen molar-refractivity contribution in [3.05, 3.63) is 183 Å². The van der Waals surface area contributed by atoms with E-state index in [4.69, 9.17) is 5.73 Å². The Labute approximate surface area is 248 Å². The van der Waals surface area contributed by atoms with Crippen molar-refractivity contribution in [3.63, 3.8) is 0 Å². The number of benzene rings is 4. The molecule has 5 aromatic rings. The maximum absolute atomic E-state index is 10.3. The van der Waals surface area contributed by atoms with Crippen LogP contribution in [-0.4, -0.2) is 16.9 Å². The standard InChI is InChI=1S/C16H14.C9H7.C7H7NO.2CH3.Si.Ti/c1-3-9-15(10-4-1)13-7-8-14-16-11-5-2-6-12-16;1-2-5-9-7-3-6-8(9)4-1;8-7(9)6-4-2-1-3-5-6;;;;/h1-14H;1-7H;1-5H,(H2,8,9);2*1H3;;/q;-1;;2*-1;;+4/p-1. The van der Waals surface area contributed by atoms with Gasteiger partial charge in [-0.2, -0.15) is 17.5 Å². The van der Waals surface area contributed by atoms with Crippen molar-refractivity contribution in [1.29, 1.82) is 0 Å². The molecule has 0 bridgehead atoms. The molecule has 38 heavy (non-hydrogen) atoms. The maximum atomic E-state index is 10.3. The Hall–Kier alpha value is -3.63. The third-order valence-electron chi connectivity index (χ3n) is 4.87. The van der Waals surface area contributed by atoms with E-state index in [1.165, 1.54) is 21.9 Å². The number of rotatable bonds is 4. The van der Waals surface area contributed by atoms with Crippen LogP contribution >= 0.6 is 0 Å². The van der Waals surface area contributed by atoms with Gasteiger partial charge in [0.25, 0.3) is 0 Å². The molecular weight excluding hydrogens is 514 g/mol. The number of carbonyl (C=O) groups is 1. The van der Waals surface area contributed by atoms with Crippen LogP contribution < -0.4 is 0 Å². The fourth-order valence-corrected chi connectivity index (χ4v) is 3.12. The molecule has 4 heteroatoms. The normalized spacial score (nSPS) is 9.26. The second kappa shape index (κ2) is 21.5. The predicted molar refractivity (Wildman–Crippen MR) is 164 cm³/mol. The summed E-state index contributed by atoms with van der Waals surface area (Å²) >= 11 is 0. The van der Waals surface area contributed by atoms with Crippen LogP contribution in [0.25, 0.3) is 28.7 Å². The summed E-state index contributed by atoms with van der Waals surface area (Å²) in [6.07, 6.45) is 8.31. The molecule has 2 nitrogen and oxygen atoms in total. The average molecular weight is 548 g/mol. The number of amides is 1. The molecule has 1 amide bonds. The fraction of sp³-hybridized carbons (Fsp3) is 0. The molecule has 0 aliphatic rings. The molecule has 0 saturated heterocycles. The van der Waals surface area contributed by atoms with Crippen LogP contribution in [0, 0.1) is 14.9 Å². The van der Waals surface area contributed by atoms with E-state index < -0.39 is 5.91 Å². The van der Waals surface area contributed by atoms with Gasteiger partial charge in [0.2, 0.25) is 0 Å². The number of hydrogen-bond donors (Lipinski definition) is 0. The van der Waals surface area contributed by atoms with Crippen LogP contribution in [0.3, 0.4) is 0 Å². The molecule has 0 saturated carbocycles. The van der Waals surface area contributed by atoms with E-state index in [1.807, 2.05) is 42.5 Å². The van der Waals surface area contributed by atoms with Crippen molar-refractivity contribution < 1.29 is 26.5 Å². The third kappa shape index (κ3) is 13.6. The maximum Gasteiger partial charge on any atom is 4.00 e. The van der Waals surface area contributed by atoms with Crippen molar-refractivity contribution in [2.75, 3.05) is 0 Å². The van der Waals surface area contributed by atoms with Gasteiger partial charge in [-0.05, 0) is 16.7 Å². The van der Waals surface area contributed by atoms with Crippen molar-refractivity contribution in [3.8, 4) is 0 Å². The molecule has 4 radical (unpaired) electrons. The molecule has 5 aromatic carbocycles. The first-order valence-corrected chi connectivity index (χ1v) is 11.1. The summed E-state index contributed by atoms with van der Waals surface area (Å²) in [4.78, 5) is 10.3. The van der Waals surface area contributed by atoms with E-state index in [-0.39, 0.29) is 47.5 Å². The zero-order valence-corrected chi connectivity index (χ0v) is 24.5. The summed E-state index contributed by atoms with van der Waals surface area (Å²) in [5.74, 6) is -0.629. The first kappa shape index (κ1) is 36.5. The van der Waals surface area contributed by atoms with E-state index in [1.54, 1.807) is 24.3 Å². The van der Waals surface area contributed by atoms with E-state index in [0.717, 1.165) is 0 Å². The summed E-state index contributed by atoms with van der Waals surface area (Å²) in [6, 6.07) is 43.8. The minimum Gasteiger partial charge on any atom is -0.664 e. The summed E-state index contributed by atoms with van der Waals surface area (Å²) in [7, 11) is 0. The SMILES string of the molecule is C(C=Cc1ccccc1)=Cc1ccccc1.[CH3-].[CH3-].[NH-]C(=O)c1ccccc1.[Si].[Ti+4].c1ccc2[cH-]ccc2c1. The predicted octanol–water partition coefficient (Wildman–Crippen LogP) is 9.37. The zero-order valence-electron chi connectivity index (χ0n) is 21.9. The van der Waals surface area contributed by atoms with E-state index >= 15 is 0 Å². The summed E-state index contributed by atoms with van der Waals surface area (Å²) in [5.41, 5.74) is 9.57. The molecule has 5 rings (SSSR count). The van der Waals surface area contributed by atoms with E-state index in [9.17, 15) is 4.79 Å². The molecular formula is C34H33NOSiTi. The second-order valence-corrected chi connectivity index (χ2v) is 7.39. The van der Waals surface area contributed by atoms with Crippen molar-refractivity contribution in [1.82, 2.24) is 0 Å². The molecule has 0 spiro atoms. The number of nitrogens with one attached hydrogen (secondary N) is 1. The minimum absolute atomic E-state index is 0. The Morgan fingerprint density at radius 2 is 1.03 bits per heavy atom. The van der Waals surface area contributed by atoms with Gasteiger partial charge in [-0.25, -0.2) is 0 Å². The summed E-state index contributed by atoms with van der Waals surface area (Å²) in [5, 5.41) is 2.66. The average Bonchev–Trinajstić information content (AvgIpc) is 3.38. The summed E-state index contributed by atoms with van der Waals surface area (Å²) < 4.78 is 0. The van der Waals surface area contributed by atoms with Crippen LogP contribution in [0.2, 0.25) is 0 Å². The molecule has 0 unspecified atom stereocenters. The van der Waals surface area contributed by atoms with Gasteiger partial charge in [0.05, 0.1) is 5.91 Å². The Bertz CT molecular complexity index is 1240. The molecule has 188 valence electrons. The Morgan fingerprint density at radius 3 is 1.45 bits per heavy atom. The molecule has 0 fully saturated rings. The van der Waals surface area contributed by atoms with Crippen LogP contribution in [0.5, 0.6) is 0 Å². The van der Waals surface area contributed by atoms with Gasteiger partial charge in [-0.1, -0.05) is 121 Å². The van der Waals surface area contributed by atoms with E-state index in [2.05, 4.69) is 91.0 Å². The topological polar surface area (TPSA) is 40.9 Å². The Kier molecular flexibility index (Phi) is 20.6. The number of carbonyl (C=O) groups excluding carboxylic acids is 1. The molecule has 0 aromatic heterocycles. The van der Waals surface area contributed by atoms with Crippen molar-refractivity contribution in [2.24, 2.45) is 0 Å². The Morgan fingerprint density at radius 1 is 0.605 bits per heavy atom. The van der Waals surface area contributed by atoms with Gasteiger partial charge in [0.1, 0.15) is 0 Å². The van der Waals surface area contributed by atoms with Gasteiger partial charge >= 0.3 is 21.7 Å². The monoisotopic (exact) mass is 547 g/mol. The van der Waals surface area contributed by atoms with Crippen LogP contribution in [0.4, 0.5) is 0 Å². The second-order valence-electron chi connectivity index (χ2n) is 7.39. The van der Waals surface area contributed by atoms with Crippen molar-refractivity contribution in [2.45, 2.75) is 0 Å². The largest absolute Gasteiger partial charge is 4.00 e. The van der Waals surface area contributed by atoms with Gasteiger partial charge in [-0.3, -0.25) is 0 Å². The van der Waals surface area contributed by atoms with Gasteiger partial charge in [0, 0.05) is 11.0 Å². The smallest absolute Gasteiger partial charge is 0.664 e. The number of hydrogen-bond acceptors (Lipinski definition) is 1. The van der Waals surface area contributed by atoms with Gasteiger partial charge in [0.15, 0.2) is 0 Å². The summed E-state index contributed by atoms with van der Waals surface area (Å²) in [6.45, 7) is 0. The molecule has 1 N–H and O–H groups in total. The molecule has 0 heterocycles. The van der Waals surface area contributed by atoms with Gasteiger partial charge in [-0.15, -0.1) is 29.7 Å². The van der Waals surface area contributed by atoms with Crippen LogP contribution in [0.1, 0.15) is 21.5 Å². The van der Waals surface area contributed by atoms with Crippen LogP contribution in [-0.2, 0) is 21.7 Å². The van der Waals surface area contributed by atoms with Crippen molar-refractivity contribution >= 4 is 39.8 Å². The number of allylic oxidation sites excluding steroid dienone is 2. The number of fused-ring (bicyclic) bond motifs is 1. The Balaban J connectivity index is 0. The first-order chi connectivity index (χ1) is 16.7. The quantitative estimate of drug-likeness (QED) is 0.126. The minimum atomic E-state index is -0.629. The van der Waals surface area contributed by atoms with Gasteiger partial charge < -0.3 is 25.4 Å². The first-order valence-electron chi connectivity index (χ1n) is 11.1. The molecule has 0 aliphatic carbocycles. The van der Waals surface area contributed by atoms with E-state index in [0.29, 0.717) is 5.56 Å². The van der Waals surface area contributed by atoms with Crippen LogP contribution in [0.15, 0.2) is 146 Å².